The van der Waals surface area contributed by atoms with Crippen LogP contribution >= 0.6 is 15.9 Å². The van der Waals surface area contributed by atoms with Crippen molar-refractivity contribution in [3.8, 4) is 0 Å². The van der Waals surface area contributed by atoms with Gasteiger partial charge in [-0.2, -0.15) is 0 Å². The summed E-state index contributed by atoms with van der Waals surface area (Å²) < 4.78 is 1.11. The average molecular weight is 338 g/mol. The number of hydrogen-bond donors (Lipinski definition) is 1. The normalized spacial score (nSPS) is 17.4. The first kappa shape index (κ1) is 15.6. The van der Waals surface area contributed by atoms with Gasteiger partial charge in [0, 0.05) is 21.8 Å². The second-order valence-electron chi connectivity index (χ2n) is 6.56. The summed E-state index contributed by atoms with van der Waals surface area (Å²) in [5, 5.41) is 3.18. The molecule has 0 heterocycles. The molecule has 1 amide bonds. The third-order valence-corrected chi connectivity index (χ3v) is 5.33. The summed E-state index contributed by atoms with van der Waals surface area (Å²) in [5.41, 5.74) is 1.21. The van der Waals surface area contributed by atoms with E-state index in [1.807, 2.05) is 13.8 Å². The third kappa shape index (κ3) is 3.08. The largest absolute Gasteiger partial charge is 0.355 e. The minimum absolute atomic E-state index is 0.142. The molecule has 3 heteroatoms. The van der Waals surface area contributed by atoms with E-state index in [2.05, 4.69) is 52.4 Å². The third-order valence-electron chi connectivity index (χ3n) is 4.83. The first-order chi connectivity index (χ1) is 9.39. The summed E-state index contributed by atoms with van der Waals surface area (Å²) >= 11 is 3.54. The van der Waals surface area contributed by atoms with E-state index in [4.69, 9.17) is 0 Å². The smallest absolute Gasteiger partial charge is 0.225 e. The zero-order valence-corrected chi connectivity index (χ0v) is 14.2. The molecule has 2 rings (SSSR count). The van der Waals surface area contributed by atoms with Crippen molar-refractivity contribution in [1.82, 2.24) is 5.32 Å². The topological polar surface area (TPSA) is 29.1 Å². The summed E-state index contributed by atoms with van der Waals surface area (Å²) in [6.45, 7) is 6.84. The van der Waals surface area contributed by atoms with Crippen LogP contribution in [0.3, 0.4) is 0 Å². The van der Waals surface area contributed by atoms with Crippen molar-refractivity contribution in [2.24, 2.45) is 5.41 Å². The Kier molecular flexibility index (Phi) is 4.58. The zero-order valence-electron chi connectivity index (χ0n) is 12.6. The van der Waals surface area contributed by atoms with E-state index >= 15 is 0 Å². The Balaban J connectivity index is 2.08. The van der Waals surface area contributed by atoms with Crippen LogP contribution in [-0.2, 0) is 10.2 Å². The van der Waals surface area contributed by atoms with Crippen LogP contribution in [0.15, 0.2) is 28.7 Å². The van der Waals surface area contributed by atoms with Crippen LogP contribution < -0.4 is 5.32 Å². The van der Waals surface area contributed by atoms with Crippen molar-refractivity contribution in [2.45, 2.75) is 51.9 Å². The number of nitrogens with one attached hydrogen (secondary N) is 1. The maximum absolute atomic E-state index is 12.3. The van der Waals surface area contributed by atoms with Crippen molar-refractivity contribution >= 4 is 21.8 Å². The Labute approximate surface area is 130 Å². The standard InChI is InChI=1S/C17H24BrNO/c1-4-16(2,3)15(20)19-12-17(9-6-10-17)13-7-5-8-14(18)11-13/h5,7-8,11H,4,6,9-10,12H2,1-3H3,(H,19,20). The van der Waals surface area contributed by atoms with Gasteiger partial charge in [0.05, 0.1) is 0 Å². The highest BCUT2D eigenvalue weighted by molar-refractivity contribution is 9.10. The molecule has 0 bridgehead atoms. The number of amides is 1. The van der Waals surface area contributed by atoms with Gasteiger partial charge in [0.2, 0.25) is 5.91 Å². The van der Waals surface area contributed by atoms with Gasteiger partial charge in [-0.15, -0.1) is 0 Å². The second kappa shape index (κ2) is 5.88. The van der Waals surface area contributed by atoms with Crippen LogP contribution in [0.25, 0.3) is 0 Å². The van der Waals surface area contributed by atoms with Gasteiger partial charge in [-0.05, 0) is 37.0 Å². The number of rotatable bonds is 5. The highest BCUT2D eigenvalue weighted by Gasteiger charge is 2.39. The van der Waals surface area contributed by atoms with Crippen LogP contribution in [0, 0.1) is 5.41 Å². The first-order valence-corrected chi connectivity index (χ1v) is 8.23. The summed E-state index contributed by atoms with van der Waals surface area (Å²) in [6, 6.07) is 8.50. The lowest BCUT2D eigenvalue weighted by Crippen LogP contribution is -2.48. The summed E-state index contributed by atoms with van der Waals surface area (Å²) in [4.78, 5) is 12.3. The molecule has 0 aromatic heterocycles. The highest BCUT2D eigenvalue weighted by atomic mass is 79.9. The van der Waals surface area contributed by atoms with Gasteiger partial charge in [-0.1, -0.05) is 55.3 Å². The van der Waals surface area contributed by atoms with Crippen molar-refractivity contribution < 1.29 is 4.79 Å². The van der Waals surface area contributed by atoms with Crippen molar-refractivity contribution in [2.75, 3.05) is 6.54 Å². The van der Waals surface area contributed by atoms with Crippen molar-refractivity contribution in [3.05, 3.63) is 34.3 Å². The van der Waals surface area contributed by atoms with Crippen molar-refractivity contribution in [3.63, 3.8) is 0 Å². The minimum Gasteiger partial charge on any atom is -0.355 e. The Morgan fingerprint density at radius 2 is 2.10 bits per heavy atom. The average Bonchev–Trinajstić information content (AvgIpc) is 2.37. The SMILES string of the molecule is CCC(C)(C)C(=O)NCC1(c2cccc(Br)c2)CCC1. The van der Waals surface area contributed by atoms with Gasteiger partial charge in [-0.3, -0.25) is 4.79 Å². The van der Waals surface area contributed by atoms with E-state index in [9.17, 15) is 4.79 Å². The molecular formula is C17H24BrNO. The Morgan fingerprint density at radius 3 is 2.60 bits per heavy atom. The van der Waals surface area contributed by atoms with Gasteiger partial charge in [0.1, 0.15) is 0 Å². The van der Waals surface area contributed by atoms with Gasteiger partial charge >= 0.3 is 0 Å². The number of carbonyl (C=O) groups is 1. The number of carbonyl (C=O) groups excluding carboxylic acids is 1. The molecule has 20 heavy (non-hydrogen) atoms. The fourth-order valence-electron chi connectivity index (χ4n) is 2.64. The monoisotopic (exact) mass is 337 g/mol. The number of hydrogen-bond acceptors (Lipinski definition) is 1. The number of halogens is 1. The van der Waals surface area contributed by atoms with Crippen molar-refractivity contribution in [1.29, 1.82) is 0 Å². The molecule has 0 aliphatic heterocycles. The predicted molar refractivity (Wildman–Crippen MR) is 86.8 cm³/mol. The lowest BCUT2D eigenvalue weighted by molar-refractivity contribution is -0.130. The van der Waals surface area contributed by atoms with E-state index in [-0.39, 0.29) is 16.7 Å². The summed E-state index contributed by atoms with van der Waals surface area (Å²) in [5.74, 6) is 0.168. The molecule has 0 unspecified atom stereocenters. The highest BCUT2D eigenvalue weighted by Crippen LogP contribution is 2.44. The Hall–Kier alpha value is -0.830. The van der Waals surface area contributed by atoms with Gasteiger partial charge in [0.15, 0.2) is 0 Å². The first-order valence-electron chi connectivity index (χ1n) is 7.44. The van der Waals surface area contributed by atoms with Gasteiger partial charge in [-0.25, -0.2) is 0 Å². The lowest BCUT2D eigenvalue weighted by atomic mass is 9.64. The fourth-order valence-corrected chi connectivity index (χ4v) is 3.04. The molecule has 1 aromatic carbocycles. The summed E-state index contributed by atoms with van der Waals surface area (Å²) in [7, 11) is 0. The van der Waals surface area contributed by atoms with E-state index in [1.54, 1.807) is 0 Å². The second-order valence-corrected chi connectivity index (χ2v) is 7.48. The minimum atomic E-state index is -0.276. The van der Waals surface area contributed by atoms with Crippen LogP contribution in [0.2, 0.25) is 0 Å². The molecule has 0 atom stereocenters. The summed E-state index contributed by atoms with van der Waals surface area (Å²) in [6.07, 6.45) is 4.44. The predicted octanol–water partition coefficient (Wildman–Crippen LogP) is 4.42. The molecule has 0 radical (unpaired) electrons. The molecule has 1 saturated carbocycles. The van der Waals surface area contributed by atoms with E-state index < -0.39 is 0 Å². The lowest BCUT2D eigenvalue weighted by Gasteiger charge is -2.43. The molecule has 0 spiro atoms. The maximum atomic E-state index is 12.3. The maximum Gasteiger partial charge on any atom is 0.225 e. The molecular weight excluding hydrogens is 314 g/mol. The van der Waals surface area contributed by atoms with Crippen LogP contribution in [0.4, 0.5) is 0 Å². The Bertz CT molecular complexity index is 492. The molecule has 0 saturated heterocycles. The van der Waals surface area contributed by atoms with Crippen LogP contribution in [0.5, 0.6) is 0 Å². The van der Waals surface area contributed by atoms with Crippen LogP contribution in [0.1, 0.15) is 52.0 Å². The van der Waals surface area contributed by atoms with E-state index in [0.717, 1.165) is 30.3 Å². The molecule has 1 aliphatic carbocycles. The Morgan fingerprint density at radius 1 is 1.40 bits per heavy atom. The molecule has 110 valence electrons. The molecule has 2 nitrogen and oxygen atoms in total. The zero-order chi connectivity index (χ0) is 14.8. The fraction of sp³-hybridized carbons (Fsp3) is 0.588. The molecule has 1 N–H and O–H groups in total. The molecule has 1 fully saturated rings. The van der Waals surface area contributed by atoms with Gasteiger partial charge < -0.3 is 5.32 Å². The van der Waals surface area contributed by atoms with Crippen LogP contribution in [-0.4, -0.2) is 12.5 Å². The quantitative estimate of drug-likeness (QED) is 0.846. The van der Waals surface area contributed by atoms with Gasteiger partial charge in [0.25, 0.3) is 0 Å². The van der Waals surface area contributed by atoms with E-state index in [0.29, 0.717) is 0 Å². The molecule has 1 aliphatic rings. The van der Waals surface area contributed by atoms with E-state index in [1.165, 1.54) is 12.0 Å². The molecule has 1 aromatic rings. The number of benzene rings is 1.